The molecule has 2 aliphatic rings. The van der Waals surface area contributed by atoms with Crippen molar-refractivity contribution in [1.29, 1.82) is 0 Å². The number of aromatic nitrogens is 1. The average molecular weight is 371 g/mol. The molecule has 1 amide bonds. The molecule has 0 unspecified atom stereocenters. The lowest BCUT2D eigenvalue weighted by atomic mass is 10.0. The van der Waals surface area contributed by atoms with Gasteiger partial charge in [0.25, 0.3) is 5.91 Å². The molecule has 3 heterocycles. The van der Waals surface area contributed by atoms with Gasteiger partial charge in [0.1, 0.15) is 13.2 Å². The molecule has 0 saturated carbocycles. The summed E-state index contributed by atoms with van der Waals surface area (Å²) >= 11 is 0. The van der Waals surface area contributed by atoms with Crippen molar-refractivity contribution in [3.8, 4) is 11.5 Å². The van der Waals surface area contributed by atoms with E-state index in [9.17, 15) is 4.79 Å². The summed E-state index contributed by atoms with van der Waals surface area (Å²) in [6.07, 6.45) is 1.95. The van der Waals surface area contributed by atoms with E-state index in [1.165, 1.54) is 0 Å². The summed E-state index contributed by atoms with van der Waals surface area (Å²) in [5.74, 6) is 2.00. The molecule has 1 saturated heterocycles. The number of piperidine rings is 1. The summed E-state index contributed by atoms with van der Waals surface area (Å²) in [6, 6.07) is 7.80. The lowest BCUT2D eigenvalue weighted by Crippen LogP contribution is -2.45. The number of nitrogens with one attached hydrogen (secondary N) is 1. The topological polar surface area (TPSA) is 76.8 Å². The summed E-state index contributed by atoms with van der Waals surface area (Å²) in [6.45, 7) is 6.57. The number of benzene rings is 1. The fraction of sp³-hybridized carbons (Fsp3) is 0.500. The first kappa shape index (κ1) is 17.7. The second kappa shape index (κ2) is 7.50. The zero-order chi connectivity index (χ0) is 18.8. The highest BCUT2D eigenvalue weighted by Gasteiger charge is 2.27. The van der Waals surface area contributed by atoms with Crippen molar-refractivity contribution in [1.82, 2.24) is 10.1 Å². The SMILES string of the molecule is CC(C)c1cc(C(=O)N2CCC[C@H](Nc3ccc4c(c3)OCCO4)C2)on1. The second-order valence-electron chi connectivity index (χ2n) is 7.36. The third-order valence-electron chi connectivity index (χ3n) is 4.95. The highest BCUT2D eigenvalue weighted by Crippen LogP contribution is 2.33. The van der Waals surface area contributed by atoms with Gasteiger partial charge in [0.05, 0.1) is 5.69 Å². The monoisotopic (exact) mass is 371 g/mol. The maximum Gasteiger partial charge on any atom is 0.292 e. The van der Waals surface area contributed by atoms with Crippen LogP contribution in [0.5, 0.6) is 11.5 Å². The van der Waals surface area contributed by atoms with Gasteiger partial charge in [0.2, 0.25) is 5.76 Å². The minimum absolute atomic E-state index is 0.0944. The predicted octanol–water partition coefficient (Wildman–Crippen LogP) is 3.29. The Bertz CT molecular complexity index is 817. The molecule has 4 rings (SSSR count). The van der Waals surface area contributed by atoms with Gasteiger partial charge in [0.15, 0.2) is 11.5 Å². The Kier molecular flexibility index (Phi) is 4.92. The quantitative estimate of drug-likeness (QED) is 0.889. The van der Waals surface area contributed by atoms with E-state index in [0.717, 1.165) is 42.3 Å². The van der Waals surface area contributed by atoms with Crippen LogP contribution in [0.15, 0.2) is 28.8 Å². The molecular formula is C20H25N3O4. The van der Waals surface area contributed by atoms with Crippen molar-refractivity contribution in [2.24, 2.45) is 0 Å². The maximum atomic E-state index is 12.8. The number of carbonyl (C=O) groups excluding carboxylic acids is 1. The van der Waals surface area contributed by atoms with Gasteiger partial charge in [-0.15, -0.1) is 0 Å². The summed E-state index contributed by atoms with van der Waals surface area (Å²) < 4.78 is 16.5. The van der Waals surface area contributed by atoms with Crippen molar-refractivity contribution >= 4 is 11.6 Å². The molecule has 0 aliphatic carbocycles. The maximum absolute atomic E-state index is 12.8. The molecule has 1 atom stereocenters. The number of nitrogens with zero attached hydrogens (tertiary/aromatic N) is 2. The largest absolute Gasteiger partial charge is 0.486 e. The second-order valence-corrected chi connectivity index (χ2v) is 7.36. The third-order valence-corrected chi connectivity index (χ3v) is 4.95. The highest BCUT2D eigenvalue weighted by atomic mass is 16.6. The molecule has 1 N–H and O–H groups in total. The van der Waals surface area contributed by atoms with E-state index in [0.29, 0.717) is 25.5 Å². The van der Waals surface area contributed by atoms with Gasteiger partial charge in [-0.2, -0.15) is 0 Å². The van der Waals surface area contributed by atoms with Gasteiger partial charge in [-0.25, -0.2) is 0 Å². The van der Waals surface area contributed by atoms with E-state index >= 15 is 0 Å². The van der Waals surface area contributed by atoms with Crippen molar-refractivity contribution in [3.05, 3.63) is 35.7 Å². The van der Waals surface area contributed by atoms with Gasteiger partial charge in [-0.3, -0.25) is 4.79 Å². The van der Waals surface area contributed by atoms with Crippen LogP contribution in [0.1, 0.15) is 48.9 Å². The zero-order valence-corrected chi connectivity index (χ0v) is 15.7. The van der Waals surface area contributed by atoms with Crippen molar-refractivity contribution in [3.63, 3.8) is 0 Å². The van der Waals surface area contributed by atoms with Gasteiger partial charge in [-0.1, -0.05) is 19.0 Å². The highest BCUT2D eigenvalue weighted by molar-refractivity contribution is 5.91. The first-order chi connectivity index (χ1) is 13.1. The number of hydrogen-bond donors (Lipinski definition) is 1. The van der Waals surface area contributed by atoms with Crippen LogP contribution in [-0.2, 0) is 0 Å². The smallest absolute Gasteiger partial charge is 0.292 e. The Morgan fingerprint density at radius 1 is 1.22 bits per heavy atom. The van der Waals surface area contributed by atoms with Crippen molar-refractivity contribution in [2.45, 2.75) is 38.6 Å². The van der Waals surface area contributed by atoms with Gasteiger partial charge in [0, 0.05) is 37.0 Å². The molecule has 1 aromatic heterocycles. The number of fused-ring (bicyclic) bond motifs is 1. The fourth-order valence-corrected chi connectivity index (χ4v) is 3.47. The van der Waals surface area contributed by atoms with E-state index < -0.39 is 0 Å². The van der Waals surface area contributed by atoms with Crippen LogP contribution in [0.2, 0.25) is 0 Å². The van der Waals surface area contributed by atoms with Crippen LogP contribution in [0.4, 0.5) is 5.69 Å². The lowest BCUT2D eigenvalue weighted by molar-refractivity contribution is 0.0672. The summed E-state index contributed by atoms with van der Waals surface area (Å²) in [7, 11) is 0. The van der Waals surface area contributed by atoms with Gasteiger partial charge < -0.3 is 24.2 Å². The molecule has 7 nitrogen and oxygen atoms in total. The molecular weight excluding hydrogens is 346 g/mol. The number of rotatable bonds is 4. The minimum atomic E-state index is -0.0944. The van der Waals surface area contributed by atoms with Crippen LogP contribution >= 0.6 is 0 Å². The minimum Gasteiger partial charge on any atom is -0.486 e. The van der Waals surface area contributed by atoms with Crippen LogP contribution in [0.3, 0.4) is 0 Å². The molecule has 1 aromatic carbocycles. The Morgan fingerprint density at radius 2 is 2.04 bits per heavy atom. The zero-order valence-electron chi connectivity index (χ0n) is 15.7. The molecule has 1 fully saturated rings. The molecule has 7 heteroatoms. The van der Waals surface area contributed by atoms with E-state index in [1.54, 1.807) is 6.07 Å². The normalized spacial score (nSPS) is 19.2. The van der Waals surface area contributed by atoms with Crippen LogP contribution in [0, 0.1) is 0 Å². The number of carbonyl (C=O) groups is 1. The molecule has 2 aliphatic heterocycles. The van der Waals surface area contributed by atoms with E-state index in [2.05, 4.69) is 10.5 Å². The van der Waals surface area contributed by atoms with E-state index in [-0.39, 0.29) is 17.9 Å². The fourth-order valence-electron chi connectivity index (χ4n) is 3.47. The number of anilines is 1. The number of hydrogen-bond acceptors (Lipinski definition) is 6. The number of amides is 1. The van der Waals surface area contributed by atoms with Crippen LogP contribution in [0.25, 0.3) is 0 Å². The van der Waals surface area contributed by atoms with Crippen LogP contribution in [-0.4, -0.2) is 48.3 Å². The van der Waals surface area contributed by atoms with Crippen LogP contribution < -0.4 is 14.8 Å². The average Bonchev–Trinajstić information content (AvgIpc) is 3.18. The summed E-state index contributed by atoms with van der Waals surface area (Å²) in [5.41, 5.74) is 1.78. The van der Waals surface area contributed by atoms with E-state index in [4.69, 9.17) is 14.0 Å². The Balaban J connectivity index is 1.41. The first-order valence-electron chi connectivity index (χ1n) is 9.52. The first-order valence-corrected chi connectivity index (χ1v) is 9.52. The molecule has 144 valence electrons. The molecule has 0 bridgehead atoms. The van der Waals surface area contributed by atoms with Crippen molar-refractivity contribution < 1.29 is 18.8 Å². The Hall–Kier alpha value is -2.70. The summed E-state index contributed by atoms with van der Waals surface area (Å²) in [5, 5.41) is 7.51. The van der Waals surface area contributed by atoms with Crippen molar-refractivity contribution in [2.75, 3.05) is 31.6 Å². The molecule has 0 spiro atoms. The lowest BCUT2D eigenvalue weighted by Gasteiger charge is -2.33. The van der Waals surface area contributed by atoms with E-state index in [1.807, 2.05) is 36.9 Å². The Morgan fingerprint density at radius 3 is 2.81 bits per heavy atom. The predicted molar refractivity (Wildman–Crippen MR) is 101 cm³/mol. The molecule has 2 aromatic rings. The molecule has 0 radical (unpaired) electrons. The summed E-state index contributed by atoms with van der Waals surface area (Å²) in [4.78, 5) is 14.6. The van der Waals surface area contributed by atoms with Gasteiger partial charge >= 0.3 is 0 Å². The standard InChI is InChI=1S/C20H25N3O4/c1-13(2)16-11-19(27-22-16)20(24)23-7-3-4-15(12-23)21-14-5-6-17-18(10-14)26-9-8-25-17/h5-6,10-11,13,15,21H,3-4,7-9,12H2,1-2H3/t15-/m0/s1. The van der Waals surface area contributed by atoms with Gasteiger partial charge in [-0.05, 0) is 30.9 Å². The third kappa shape index (κ3) is 3.86. The number of ether oxygens (including phenoxy) is 2. The molecule has 27 heavy (non-hydrogen) atoms. The Labute approximate surface area is 158 Å². The number of likely N-dealkylation sites (tertiary alicyclic amines) is 1.